The van der Waals surface area contributed by atoms with Crippen LogP contribution in [0.4, 0.5) is 5.69 Å². The van der Waals surface area contributed by atoms with Crippen molar-refractivity contribution >= 4 is 17.7 Å². The number of carbonyl (C=O) groups is 1. The highest BCUT2D eigenvalue weighted by Gasteiger charge is 2.59. The van der Waals surface area contributed by atoms with Crippen LogP contribution in [0.1, 0.15) is 64.0 Å². The van der Waals surface area contributed by atoms with Gasteiger partial charge in [0.05, 0.1) is 20.3 Å². The zero-order valence-corrected chi connectivity index (χ0v) is 20.3. The summed E-state index contributed by atoms with van der Waals surface area (Å²) in [5.41, 5.74) is 2.48. The van der Waals surface area contributed by atoms with Crippen LogP contribution in [0.2, 0.25) is 0 Å². The van der Waals surface area contributed by atoms with Crippen LogP contribution < -0.4 is 19.7 Å². The number of unbranched alkanes of at least 4 members (excludes halogenated alkanes) is 4. The van der Waals surface area contributed by atoms with Crippen LogP contribution in [0.5, 0.6) is 11.5 Å². The molecule has 0 aromatic heterocycles. The minimum Gasteiger partial charge on any atom is -0.493 e. The molecule has 0 bridgehead atoms. The molecule has 2 aromatic carbocycles. The minimum absolute atomic E-state index is 0.0440. The molecule has 2 aliphatic rings. The highest BCUT2D eigenvalue weighted by atomic mass is 16.5. The number of rotatable bonds is 10. The van der Waals surface area contributed by atoms with E-state index in [0.29, 0.717) is 13.2 Å². The molecule has 1 N–H and O–H groups in total. The van der Waals surface area contributed by atoms with Gasteiger partial charge in [0.2, 0.25) is 5.91 Å². The van der Waals surface area contributed by atoms with Crippen molar-refractivity contribution in [2.45, 2.75) is 64.0 Å². The molecular weight excluding hydrogens is 412 g/mol. The van der Waals surface area contributed by atoms with Crippen molar-refractivity contribution in [3.05, 3.63) is 59.7 Å². The number of nitrogens with zero attached hydrogens (tertiary/aromatic N) is 1. The molecule has 5 heteroatoms. The number of anilines is 1. The number of amides is 1. The topological polar surface area (TPSA) is 50.8 Å². The largest absolute Gasteiger partial charge is 0.493 e. The van der Waals surface area contributed by atoms with Crippen molar-refractivity contribution < 1.29 is 14.3 Å². The summed E-state index contributed by atoms with van der Waals surface area (Å²) in [4.78, 5) is 14.7. The van der Waals surface area contributed by atoms with Crippen molar-refractivity contribution in [3.8, 4) is 11.5 Å². The molecule has 1 atom stereocenters. The Kier molecular flexibility index (Phi) is 6.68. The molecule has 33 heavy (non-hydrogen) atoms. The Morgan fingerprint density at radius 2 is 1.85 bits per heavy atom. The van der Waals surface area contributed by atoms with E-state index in [1.54, 1.807) is 7.11 Å². The summed E-state index contributed by atoms with van der Waals surface area (Å²) in [7, 11) is 1.67. The third-order valence-corrected chi connectivity index (χ3v) is 7.09. The first-order valence-electron chi connectivity index (χ1n) is 12.1. The van der Waals surface area contributed by atoms with Gasteiger partial charge in [-0.05, 0) is 41.8 Å². The molecule has 1 fully saturated rings. The Bertz CT molecular complexity index is 1030. The van der Waals surface area contributed by atoms with Crippen molar-refractivity contribution in [2.24, 2.45) is 0 Å². The molecule has 2 aromatic rings. The quantitative estimate of drug-likeness (QED) is 0.475. The molecule has 1 unspecified atom stereocenters. The fourth-order valence-electron chi connectivity index (χ4n) is 5.15. The van der Waals surface area contributed by atoms with Gasteiger partial charge < -0.3 is 19.7 Å². The first kappa shape index (κ1) is 23.2. The standard InChI is InChI=1S/C28H36N2O3/c1-5-6-7-8-11-18-33-24-15-14-21(19-25(24)32-4)16-17-28-27(2,3)22-12-9-10-13-23(22)30(28)20-26(31)29-28/h9-10,12-17,19H,5-8,11,18,20H2,1-4H3,(H,29,31). The lowest BCUT2D eigenvalue weighted by molar-refractivity contribution is -0.118. The van der Waals surface area contributed by atoms with Gasteiger partial charge >= 0.3 is 0 Å². The van der Waals surface area contributed by atoms with E-state index in [4.69, 9.17) is 9.47 Å². The first-order chi connectivity index (χ1) is 15.9. The second kappa shape index (κ2) is 9.50. The Labute approximate surface area is 197 Å². The molecule has 2 heterocycles. The molecule has 5 nitrogen and oxygen atoms in total. The molecule has 0 aliphatic carbocycles. The predicted molar refractivity (Wildman–Crippen MR) is 134 cm³/mol. The van der Waals surface area contributed by atoms with Crippen LogP contribution in [-0.2, 0) is 10.2 Å². The van der Waals surface area contributed by atoms with Gasteiger partial charge in [-0.15, -0.1) is 0 Å². The van der Waals surface area contributed by atoms with Gasteiger partial charge in [-0.3, -0.25) is 4.79 Å². The molecule has 0 saturated carbocycles. The zero-order valence-electron chi connectivity index (χ0n) is 20.3. The average molecular weight is 449 g/mol. The number of para-hydroxylation sites is 1. The monoisotopic (exact) mass is 448 g/mol. The maximum Gasteiger partial charge on any atom is 0.241 e. The number of carbonyl (C=O) groups excluding carboxylic acids is 1. The lowest BCUT2D eigenvalue weighted by Gasteiger charge is -2.40. The first-order valence-corrected chi connectivity index (χ1v) is 12.1. The Balaban J connectivity index is 1.53. The number of fused-ring (bicyclic) bond motifs is 3. The van der Waals surface area contributed by atoms with E-state index in [1.165, 1.54) is 31.2 Å². The van der Waals surface area contributed by atoms with Crippen molar-refractivity contribution in [2.75, 3.05) is 25.2 Å². The van der Waals surface area contributed by atoms with Crippen LogP contribution >= 0.6 is 0 Å². The van der Waals surface area contributed by atoms with E-state index < -0.39 is 5.66 Å². The van der Waals surface area contributed by atoms with Gasteiger partial charge in [-0.2, -0.15) is 0 Å². The summed E-state index contributed by atoms with van der Waals surface area (Å²) < 4.78 is 11.6. The number of nitrogens with one attached hydrogen (secondary N) is 1. The molecule has 1 amide bonds. The highest BCUT2D eigenvalue weighted by molar-refractivity contribution is 5.91. The molecule has 2 aliphatic heterocycles. The van der Waals surface area contributed by atoms with Gasteiger partial charge in [0.1, 0.15) is 5.66 Å². The van der Waals surface area contributed by atoms with E-state index >= 15 is 0 Å². The highest BCUT2D eigenvalue weighted by Crippen LogP contribution is 2.52. The van der Waals surface area contributed by atoms with Crippen LogP contribution in [0, 0.1) is 0 Å². The third-order valence-electron chi connectivity index (χ3n) is 7.09. The van der Waals surface area contributed by atoms with E-state index in [-0.39, 0.29) is 11.3 Å². The predicted octanol–water partition coefficient (Wildman–Crippen LogP) is 5.68. The van der Waals surface area contributed by atoms with Crippen LogP contribution in [0.15, 0.2) is 48.5 Å². The van der Waals surface area contributed by atoms with Gasteiger partial charge in [0, 0.05) is 11.1 Å². The molecule has 0 spiro atoms. The van der Waals surface area contributed by atoms with Gasteiger partial charge in [-0.25, -0.2) is 0 Å². The van der Waals surface area contributed by atoms with Crippen LogP contribution in [0.3, 0.4) is 0 Å². The lowest BCUT2D eigenvalue weighted by Crippen LogP contribution is -2.58. The van der Waals surface area contributed by atoms with E-state index in [9.17, 15) is 4.79 Å². The molecule has 0 radical (unpaired) electrons. The smallest absolute Gasteiger partial charge is 0.241 e. The Hall–Kier alpha value is -2.95. The SMILES string of the molecule is CCCCCCCOc1ccc(C=CC23NC(=O)CN2c2ccccc2C3(C)C)cc1OC. The average Bonchev–Trinajstić information content (AvgIpc) is 3.25. The van der Waals surface area contributed by atoms with Crippen LogP contribution in [0.25, 0.3) is 6.08 Å². The molecule has 1 saturated heterocycles. The van der Waals surface area contributed by atoms with Crippen molar-refractivity contribution in [1.29, 1.82) is 0 Å². The molecule has 4 rings (SSSR count). The van der Waals surface area contributed by atoms with E-state index in [1.807, 2.05) is 24.3 Å². The van der Waals surface area contributed by atoms with Gasteiger partial charge in [0.15, 0.2) is 11.5 Å². The summed E-state index contributed by atoms with van der Waals surface area (Å²) in [6.45, 7) is 7.67. The van der Waals surface area contributed by atoms with Crippen LogP contribution in [-0.4, -0.2) is 31.8 Å². The number of hydrogen-bond acceptors (Lipinski definition) is 4. The molecule has 176 valence electrons. The number of methoxy groups -OCH3 is 1. The second-order valence-corrected chi connectivity index (χ2v) is 9.55. The number of hydrogen-bond donors (Lipinski definition) is 1. The van der Waals surface area contributed by atoms with Gasteiger partial charge in [0.25, 0.3) is 0 Å². The summed E-state index contributed by atoms with van der Waals surface area (Å²) in [5, 5.41) is 3.27. The summed E-state index contributed by atoms with van der Waals surface area (Å²) in [6, 6.07) is 14.4. The normalized spacial score (nSPS) is 20.6. The molecular formula is C28H36N2O3. The third kappa shape index (κ3) is 4.21. The van der Waals surface area contributed by atoms with Crippen molar-refractivity contribution in [3.63, 3.8) is 0 Å². The van der Waals surface area contributed by atoms with E-state index in [0.717, 1.165) is 29.2 Å². The Morgan fingerprint density at radius 3 is 2.64 bits per heavy atom. The van der Waals surface area contributed by atoms with E-state index in [2.05, 4.69) is 61.3 Å². The van der Waals surface area contributed by atoms with Gasteiger partial charge in [-0.1, -0.05) is 76.8 Å². The maximum absolute atomic E-state index is 12.5. The lowest BCUT2D eigenvalue weighted by atomic mass is 9.75. The number of benzene rings is 2. The summed E-state index contributed by atoms with van der Waals surface area (Å²) in [6.07, 6.45) is 10.2. The fraction of sp³-hybridized carbons (Fsp3) is 0.464. The zero-order chi connectivity index (χ0) is 23.5. The summed E-state index contributed by atoms with van der Waals surface area (Å²) in [5.74, 6) is 1.54. The Morgan fingerprint density at radius 1 is 1.06 bits per heavy atom. The number of ether oxygens (including phenoxy) is 2. The fourth-order valence-corrected chi connectivity index (χ4v) is 5.15. The summed E-state index contributed by atoms with van der Waals surface area (Å²) >= 11 is 0. The maximum atomic E-state index is 12.5. The second-order valence-electron chi connectivity index (χ2n) is 9.55. The van der Waals surface area contributed by atoms with Crippen molar-refractivity contribution in [1.82, 2.24) is 5.32 Å². The minimum atomic E-state index is -0.603.